The van der Waals surface area contributed by atoms with Crippen molar-refractivity contribution in [1.29, 1.82) is 0 Å². The minimum atomic E-state index is -0.414. The van der Waals surface area contributed by atoms with Crippen molar-refractivity contribution in [2.24, 2.45) is 0 Å². The Kier molecular flexibility index (Phi) is 3.07. The van der Waals surface area contributed by atoms with E-state index in [0.717, 1.165) is 0 Å². The van der Waals surface area contributed by atoms with Crippen molar-refractivity contribution in [2.45, 2.75) is 26.2 Å². The van der Waals surface area contributed by atoms with Gasteiger partial charge in [-0.15, -0.1) is 0 Å². The van der Waals surface area contributed by atoms with Gasteiger partial charge in [0.05, 0.1) is 23.8 Å². The number of ether oxygens (including phenoxy) is 1. The van der Waals surface area contributed by atoms with Crippen LogP contribution >= 0.6 is 0 Å². The van der Waals surface area contributed by atoms with E-state index < -0.39 is 4.92 Å². The molecular weight excluding hydrogens is 208 g/mol. The van der Waals surface area contributed by atoms with Crippen LogP contribution in [0.2, 0.25) is 0 Å². The first kappa shape index (κ1) is 12.3. The van der Waals surface area contributed by atoms with Crippen molar-refractivity contribution in [3.8, 4) is 5.75 Å². The fourth-order valence-electron chi connectivity index (χ4n) is 1.51. The summed E-state index contributed by atoms with van der Waals surface area (Å²) >= 11 is 0. The van der Waals surface area contributed by atoms with Gasteiger partial charge in [-0.3, -0.25) is 10.1 Å². The molecule has 0 aromatic heterocycles. The molecule has 5 heteroatoms. The summed E-state index contributed by atoms with van der Waals surface area (Å²) in [5, 5.41) is 11.0. The van der Waals surface area contributed by atoms with Crippen molar-refractivity contribution in [2.75, 3.05) is 12.8 Å². The summed E-state index contributed by atoms with van der Waals surface area (Å²) in [6, 6.07) is 2.98. The predicted molar refractivity (Wildman–Crippen MR) is 62.8 cm³/mol. The van der Waals surface area contributed by atoms with Crippen molar-refractivity contribution in [1.82, 2.24) is 0 Å². The van der Waals surface area contributed by atoms with E-state index in [1.807, 2.05) is 20.8 Å². The molecule has 16 heavy (non-hydrogen) atoms. The Balaban J connectivity index is 3.49. The van der Waals surface area contributed by atoms with Crippen LogP contribution in [-0.4, -0.2) is 12.0 Å². The van der Waals surface area contributed by atoms with E-state index in [-0.39, 0.29) is 11.1 Å². The summed E-state index contributed by atoms with van der Waals surface area (Å²) in [6.07, 6.45) is 0. The van der Waals surface area contributed by atoms with E-state index >= 15 is 0 Å². The van der Waals surface area contributed by atoms with Gasteiger partial charge in [-0.25, -0.2) is 0 Å². The number of nitrogens with two attached hydrogens (primary N) is 1. The van der Waals surface area contributed by atoms with E-state index in [2.05, 4.69) is 0 Å². The van der Waals surface area contributed by atoms with Crippen molar-refractivity contribution in [3.05, 3.63) is 27.8 Å². The van der Waals surface area contributed by atoms with Gasteiger partial charge in [0, 0.05) is 5.56 Å². The van der Waals surface area contributed by atoms with Crippen LogP contribution < -0.4 is 10.5 Å². The van der Waals surface area contributed by atoms with Gasteiger partial charge in [-0.05, 0) is 11.5 Å². The van der Waals surface area contributed by atoms with Crippen LogP contribution in [0.3, 0.4) is 0 Å². The predicted octanol–water partition coefficient (Wildman–Crippen LogP) is 2.48. The first-order valence-corrected chi connectivity index (χ1v) is 4.89. The first-order valence-electron chi connectivity index (χ1n) is 4.89. The molecule has 0 bridgehead atoms. The summed E-state index contributed by atoms with van der Waals surface area (Å²) in [7, 11) is 1.44. The molecule has 0 aliphatic rings. The van der Waals surface area contributed by atoms with Gasteiger partial charge in [0.2, 0.25) is 0 Å². The van der Waals surface area contributed by atoms with Gasteiger partial charge in [-0.1, -0.05) is 20.8 Å². The highest BCUT2D eigenvalue weighted by Gasteiger charge is 2.26. The third-order valence-corrected chi connectivity index (χ3v) is 2.35. The second-order valence-corrected chi connectivity index (χ2v) is 4.62. The van der Waals surface area contributed by atoms with Crippen LogP contribution in [0.5, 0.6) is 5.75 Å². The van der Waals surface area contributed by atoms with E-state index in [4.69, 9.17) is 10.5 Å². The lowest BCUT2D eigenvalue weighted by atomic mass is 9.85. The molecule has 1 aromatic carbocycles. The van der Waals surface area contributed by atoms with Gasteiger partial charge in [-0.2, -0.15) is 0 Å². The average molecular weight is 224 g/mol. The number of anilines is 1. The maximum atomic E-state index is 11.0. The van der Waals surface area contributed by atoms with Gasteiger partial charge in [0.25, 0.3) is 5.69 Å². The standard InChI is InChI=1S/C11H16N2O3/c1-11(2,3)7-5-8(12)10(16-4)6-9(7)13(14)15/h5-6H,12H2,1-4H3. The molecule has 88 valence electrons. The molecule has 0 radical (unpaired) electrons. The highest BCUT2D eigenvalue weighted by atomic mass is 16.6. The maximum absolute atomic E-state index is 11.0. The van der Waals surface area contributed by atoms with Gasteiger partial charge < -0.3 is 10.5 Å². The Bertz CT molecular complexity index is 422. The van der Waals surface area contributed by atoms with Crippen LogP contribution in [-0.2, 0) is 5.41 Å². The third kappa shape index (κ3) is 2.24. The van der Waals surface area contributed by atoms with Crippen LogP contribution in [0.4, 0.5) is 11.4 Å². The second kappa shape index (κ2) is 4.00. The Hall–Kier alpha value is -1.78. The molecule has 0 aliphatic carbocycles. The quantitative estimate of drug-likeness (QED) is 0.475. The third-order valence-electron chi connectivity index (χ3n) is 2.35. The topological polar surface area (TPSA) is 78.4 Å². The maximum Gasteiger partial charge on any atom is 0.276 e. The number of rotatable bonds is 2. The number of benzene rings is 1. The molecule has 0 atom stereocenters. The molecule has 0 aliphatic heterocycles. The monoisotopic (exact) mass is 224 g/mol. The number of nitrogens with zero attached hydrogens (tertiary/aromatic N) is 1. The average Bonchev–Trinajstić information content (AvgIpc) is 2.15. The largest absolute Gasteiger partial charge is 0.494 e. The van der Waals surface area contributed by atoms with Gasteiger partial charge in [0.1, 0.15) is 5.75 Å². The van der Waals surface area contributed by atoms with Crippen LogP contribution in [0.1, 0.15) is 26.3 Å². The number of hydrogen-bond acceptors (Lipinski definition) is 4. The molecule has 0 saturated carbocycles. The van der Waals surface area contributed by atoms with E-state index in [0.29, 0.717) is 17.0 Å². The Morgan fingerprint density at radius 3 is 2.31 bits per heavy atom. The minimum Gasteiger partial charge on any atom is -0.494 e. The van der Waals surface area contributed by atoms with Crippen molar-refractivity contribution < 1.29 is 9.66 Å². The summed E-state index contributed by atoms with van der Waals surface area (Å²) in [5.74, 6) is 0.333. The number of nitro benzene ring substituents is 1. The Labute approximate surface area is 94.4 Å². The molecule has 1 rings (SSSR count). The molecule has 1 aromatic rings. The van der Waals surface area contributed by atoms with Crippen LogP contribution in [0.15, 0.2) is 12.1 Å². The first-order chi connectivity index (χ1) is 7.27. The number of hydrogen-bond donors (Lipinski definition) is 1. The smallest absolute Gasteiger partial charge is 0.276 e. The van der Waals surface area contributed by atoms with Crippen LogP contribution in [0, 0.1) is 10.1 Å². The molecule has 0 amide bonds. The summed E-state index contributed by atoms with van der Waals surface area (Å²) in [5.41, 5.74) is 6.48. The van der Waals surface area contributed by atoms with E-state index in [1.165, 1.54) is 13.2 Å². The van der Waals surface area contributed by atoms with Crippen molar-refractivity contribution in [3.63, 3.8) is 0 Å². The fourth-order valence-corrected chi connectivity index (χ4v) is 1.51. The molecule has 0 heterocycles. The number of methoxy groups -OCH3 is 1. The van der Waals surface area contributed by atoms with Gasteiger partial charge in [0.15, 0.2) is 0 Å². The molecular formula is C11H16N2O3. The zero-order chi connectivity index (χ0) is 12.5. The number of nitro groups is 1. The summed E-state index contributed by atoms with van der Waals surface area (Å²) in [4.78, 5) is 10.5. The molecule has 0 saturated heterocycles. The number of nitrogen functional groups attached to an aromatic ring is 1. The lowest BCUT2D eigenvalue weighted by Gasteiger charge is -2.20. The normalized spacial score (nSPS) is 11.2. The van der Waals surface area contributed by atoms with Crippen LogP contribution in [0.25, 0.3) is 0 Å². The molecule has 0 spiro atoms. The highest BCUT2D eigenvalue weighted by molar-refractivity contribution is 5.63. The highest BCUT2D eigenvalue weighted by Crippen LogP contribution is 2.37. The molecule has 0 fully saturated rings. The molecule has 5 nitrogen and oxygen atoms in total. The van der Waals surface area contributed by atoms with Gasteiger partial charge >= 0.3 is 0 Å². The zero-order valence-electron chi connectivity index (χ0n) is 9.90. The Morgan fingerprint density at radius 2 is 1.94 bits per heavy atom. The summed E-state index contributed by atoms with van der Waals surface area (Å²) in [6.45, 7) is 5.71. The van der Waals surface area contributed by atoms with E-state index in [1.54, 1.807) is 6.07 Å². The lowest BCUT2D eigenvalue weighted by Crippen LogP contribution is -2.14. The Morgan fingerprint density at radius 1 is 1.38 bits per heavy atom. The molecule has 0 unspecified atom stereocenters. The zero-order valence-corrected chi connectivity index (χ0v) is 9.90. The fraction of sp³-hybridized carbons (Fsp3) is 0.455. The minimum absolute atomic E-state index is 0.0403. The SMILES string of the molecule is COc1cc([N+](=O)[O-])c(C(C)(C)C)cc1N. The summed E-state index contributed by atoms with van der Waals surface area (Å²) < 4.78 is 4.97. The van der Waals surface area contributed by atoms with Crippen molar-refractivity contribution >= 4 is 11.4 Å². The lowest BCUT2D eigenvalue weighted by molar-refractivity contribution is -0.386. The molecule has 2 N–H and O–H groups in total. The second-order valence-electron chi connectivity index (χ2n) is 4.62. The van der Waals surface area contributed by atoms with E-state index in [9.17, 15) is 10.1 Å².